The minimum atomic E-state index is -0.319. The quantitative estimate of drug-likeness (QED) is 0.348. The Morgan fingerprint density at radius 2 is 1.79 bits per heavy atom. The van der Waals surface area contributed by atoms with Crippen LogP contribution in [0.5, 0.6) is 11.5 Å². The van der Waals surface area contributed by atoms with E-state index in [0.29, 0.717) is 34.6 Å². The molecule has 4 aromatic rings. The van der Waals surface area contributed by atoms with Crippen LogP contribution in [-0.2, 0) is 0 Å². The molecule has 0 spiro atoms. The van der Waals surface area contributed by atoms with Crippen LogP contribution in [0.15, 0.2) is 59.0 Å². The van der Waals surface area contributed by atoms with Gasteiger partial charge in [0, 0.05) is 11.3 Å². The summed E-state index contributed by atoms with van der Waals surface area (Å²) in [5.74, 6) is 1.54. The summed E-state index contributed by atoms with van der Waals surface area (Å²) in [5, 5.41) is 2.98. The maximum Gasteiger partial charge on any atom is 0.263 e. The zero-order valence-electron chi connectivity index (χ0n) is 19.6. The summed E-state index contributed by atoms with van der Waals surface area (Å²) in [5.41, 5.74) is 5.50. The van der Waals surface area contributed by atoms with Crippen molar-refractivity contribution in [3.63, 3.8) is 0 Å². The Morgan fingerprint density at radius 3 is 2.45 bits per heavy atom. The zero-order valence-corrected chi connectivity index (χ0v) is 19.6. The lowest BCUT2D eigenvalue weighted by molar-refractivity contribution is 0.102. The van der Waals surface area contributed by atoms with Gasteiger partial charge in [-0.3, -0.25) is 4.79 Å². The number of aryl methyl sites for hydroxylation is 1. The number of aromatic nitrogens is 1. The number of carbonyl (C=O) groups is 1. The highest BCUT2D eigenvalue weighted by atomic mass is 16.5. The molecule has 1 heterocycles. The molecule has 0 aliphatic rings. The molecule has 1 amide bonds. The number of benzene rings is 3. The fourth-order valence-electron chi connectivity index (χ4n) is 3.76. The predicted molar refractivity (Wildman–Crippen MR) is 130 cm³/mol. The highest BCUT2D eigenvalue weighted by molar-refractivity contribution is 6.08. The number of rotatable bonds is 7. The third-order valence-electron chi connectivity index (χ3n) is 5.98. The van der Waals surface area contributed by atoms with E-state index in [2.05, 4.69) is 31.3 Å². The molecule has 33 heavy (non-hydrogen) atoms. The second kappa shape index (κ2) is 9.36. The molecule has 0 fully saturated rings. The van der Waals surface area contributed by atoms with Crippen molar-refractivity contribution in [2.75, 3.05) is 19.5 Å². The maximum atomic E-state index is 13.1. The van der Waals surface area contributed by atoms with E-state index < -0.39 is 0 Å². The van der Waals surface area contributed by atoms with E-state index in [1.807, 2.05) is 31.2 Å². The average molecular weight is 445 g/mol. The standard InChI is InChI=1S/C27H28N2O4/c1-6-16(2)18-12-13-22-21(14-18)29-27(33-22)19-11-10-17(3)20(15-19)28-26(30)25-23(31-4)8-7-9-24(25)32-5/h7-16H,6H2,1-5H3,(H,28,30). The largest absolute Gasteiger partial charge is 0.496 e. The number of oxazole rings is 1. The first-order chi connectivity index (χ1) is 15.9. The van der Waals surface area contributed by atoms with Crippen molar-refractivity contribution in [2.45, 2.75) is 33.1 Å². The Labute approximate surface area is 193 Å². The van der Waals surface area contributed by atoms with Gasteiger partial charge in [-0.25, -0.2) is 4.98 Å². The zero-order chi connectivity index (χ0) is 23.5. The third-order valence-corrected chi connectivity index (χ3v) is 5.98. The van der Waals surface area contributed by atoms with Crippen molar-refractivity contribution >= 4 is 22.7 Å². The summed E-state index contributed by atoms with van der Waals surface area (Å²) >= 11 is 0. The second-order valence-corrected chi connectivity index (χ2v) is 8.08. The van der Waals surface area contributed by atoms with Gasteiger partial charge in [0.15, 0.2) is 5.58 Å². The summed E-state index contributed by atoms with van der Waals surface area (Å²) < 4.78 is 16.8. The lowest BCUT2D eigenvalue weighted by Gasteiger charge is -2.14. The van der Waals surface area contributed by atoms with Crippen molar-refractivity contribution in [1.82, 2.24) is 4.98 Å². The number of nitrogens with zero attached hydrogens (tertiary/aromatic N) is 1. The van der Waals surface area contributed by atoms with Crippen LogP contribution in [0.4, 0.5) is 5.69 Å². The van der Waals surface area contributed by atoms with Gasteiger partial charge in [0.05, 0.1) is 14.2 Å². The number of hydrogen-bond acceptors (Lipinski definition) is 5. The summed E-state index contributed by atoms with van der Waals surface area (Å²) in [7, 11) is 3.05. The van der Waals surface area contributed by atoms with Crippen molar-refractivity contribution in [3.05, 3.63) is 71.3 Å². The molecule has 1 N–H and O–H groups in total. The Kier molecular flexibility index (Phi) is 6.36. The van der Waals surface area contributed by atoms with Crippen LogP contribution < -0.4 is 14.8 Å². The van der Waals surface area contributed by atoms with Gasteiger partial charge in [-0.2, -0.15) is 0 Å². The number of amides is 1. The van der Waals surface area contributed by atoms with Gasteiger partial charge in [0.1, 0.15) is 22.6 Å². The first-order valence-corrected chi connectivity index (χ1v) is 11.0. The van der Waals surface area contributed by atoms with Gasteiger partial charge in [-0.15, -0.1) is 0 Å². The van der Waals surface area contributed by atoms with E-state index in [-0.39, 0.29) is 5.91 Å². The van der Waals surface area contributed by atoms with E-state index in [0.717, 1.165) is 28.6 Å². The molecular formula is C27H28N2O4. The monoisotopic (exact) mass is 444 g/mol. The first-order valence-electron chi connectivity index (χ1n) is 11.0. The Balaban J connectivity index is 1.67. The molecule has 0 bridgehead atoms. The molecule has 0 saturated heterocycles. The molecule has 170 valence electrons. The van der Waals surface area contributed by atoms with Gasteiger partial charge in [0.25, 0.3) is 5.91 Å². The molecule has 0 aliphatic carbocycles. The van der Waals surface area contributed by atoms with Crippen molar-refractivity contribution in [1.29, 1.82) is 0 Å². The van der Waals surface area contributed by atoms with Crippen LogP contribution in [0.3, 0.4) is 0 Å². The van der Waals surface area contributed by atoms with Gasteiger partial charge < -0.3 is 19.2 Å². The number of carbonyl (C=O) groups excluding carboxylic acids is 1. The lowest BCUT2D eigenvalue weighted by atomic mass is 9.98. The van der Waals surface area contributed by atoms with Gasteiger partial charge in [0.2, 0.25) is 5.89 Å². The van der Waals surface area contributed by atoms with Gasteiger partial charge in [-0.05, 0) is 66.8 Å². The lowest BCUT2D eigenvalue weighted by Crippen LogP contribution is -2.15. The summed E-state index contributed by atoms with van der Waals surface area (Å²) in [4.78, 5) is 17.8. The molecule has 0 aliphatic heterocycles. The topological polar surface area (TPSA) is 73.6 Å². The predicted octanol–water partition coefficient (Wildman–Crippen LogP) is 6.59. The van der Waals surface area contributed by atoms with E-state index in [9.17, 15) is 4.79 Å². The van der Waals surface area contributed by atoms with Gasteiger partial charge >= 0.3 is 0 Å². The summed E-state index contributed by atoms with van der Waals surface area (Å²) in [6.45, 7) is 6.31. The molecule has 3 aromatic carbocycles. The second-order valence-electron chi connectivity index (χ2n) is 8.08. The number of methoxy groups -OCH3 is 2. The van der Waals surface area contributed by atoms with Crippen molar-refractivity contribution < 1.29 is 18.7 Å². The Hall–Kier alpha value is -3.80. The van der Waals surface area contributed by atoms with Crippen LogP contribution in [0, 0.1) is 6.92 Å². The maximum absolute atomic E-state index is 13.1. The smallest absolute Gasteiger partial charge is 0.263 e. The molecule has 1 atom stereocenters. The molecule has 4 rings (SSSR count). The number of nitrogens with one attached hydrogen (secondary N) is 1. The van der Waals surface area contributed by atoms with Crippen molar-refractivity contribution in [3.8, 4) is 23.0 Å². The number of anilines is 1. The van der Waals surface area contributed by atoms with Gasteiger partial charge in [-0.1, -0.05) is 32.0 Å². The minimum absolute atomic E-state index is 0.319. The van der Waals surface area contributed by atoms with E-state index in [1.54, 1.807) is 18.2 Å². The fraction of sp³-hybridized carbons (Fsp3) is 0.259. The van der Waals surface area contributed by atoms with E-state index in [1.165, 1.54) is 19.8 Å². The van der Waals surface area contributed by atoms with Crippen LogP contribution in [0.25, 0.3) is 22.6 Å². The van der Waals surface area contributed by atoms with Crippen LogP contribution >= 0.6 is 0 Å². The highest BCUT2D eigenvalue weighted by Gasteiger charge is 2.20. The number of ether oxygens (including phenoxy) is 2. The SMILES string of the molecule is CCC(C)c1ccc2oc(-c3ccc(C)c(NC(=O)c4c(OC)cccc4OC)c3)nc2c1. The summed E-state index contributed by atoms with van der Waals surface area (Å²) in [6.07, 6.45) is 1.06. The first kappa shape index (κ1) is 22.4. The third kappa shape index (κ3) is 4.42. The fourth-order valence-corrected chi connectivity index (χ4v) is 3.76. The Bertz CT molecular complexity index is 1290. The van der Waals surface area contributed by atoms with E-state index >= 15 is 0 Å². The van der Waals surface area contributed by atoms with Crippen molar-refractivity contribution in [2.24, 2.45) is 0 Å². The van der Waals surface area contributed by atoms with E-state index in [4.69, 9.17) is 18.9 Å². The van der Waals surface area contributed by atoms with Crippen LogP contribution in [-0.4, -0.2) is 25.1 Å². The average Bonchev–Trinajstić information content (AvgIpc) is 3.27. The molecular weight excluding hydrogens is 416 g/mol. The molecule has 0 saturated carbocycles. The molecule has 1 unspecified atom stereocenters. The molecule has 6 heteroatoms. The number of hydrogen-bond donors (Lipinski definition) is 1. The molecule has 6 nitrogen and oxygen atoms in total. The summed E-state index contributed by atoms with van der Waals surface area (Å²) in [6, 6.07) is 17.1. The normalized spacial score (nSPS) is 11.9. The minimum Gasteiger partial charge on any atom is -0.496 e. The Morgan fingerprint density at radius 1 is 1.06 bits per heavy atom. The van der Waals surface area contributed by atoms with Crippen LogP contribution in [0.1, 0.15) is 47.7 Å². The van der Waals surface area contributed by atoms with Crippen LogP contribution in [0.2, 0.25) is 0 Å². The highest BCUT2D eigenvalue weighted by Crippen LogP contribution is 2.32. The molecule has 0 radical (unpaired) electrons. The molecule has 1 aromatic heterocycles. The number of fused-ring (bicyclic) bond motifs is 1.